The van der Waals surface area contributed by atoms with Crippen LogP contribution in [0.2, 0.25) is 0 Å². The molecular weight excluding hydrogens is 248 g/mol. The molecular formula is C18H22O2. The Hall–Kier alpha value is -1.28. The molecule has 20 heavy (non-hydrogen) atoms. The summed E-state index contributed by atoms with van der Waals surface area (Å²) in [5.74, 6) is 2.08. The summed E-state index contributed by atoms with van der Waals surface area (Å²) in [4.78, 5) is 0. The molecule has 3 aliphatic carbocycles. The Morgan fingerprint density at radius 2 is 2.05 bits per heavy atom. The molecule has 0 saturated heterocycles. The standard InChI is InChI=1S/C18H22O2/c1-18-9-8-14-13-5-3-12(19)10-11(13)2-4-15(14)16(18)6-7-17(18)20/h2-5,10,14-17,19-20H,6-9H2,1H3/t14-,15-,16+,17-,18+/m0/s1. The van der Waals surface area contributed by atoms with E-state index in [2.05, 4.69) is 25.1 Å². The van der Waals surface area contributed by atoms with Gasteiger partial charge in [-0.1, -0.05) is 25.1 Å². The number of phenols is 1. The van der Waals surface area contributed by atoms with Gasteiger partial charge < -0.3 is 10.2 Å². The SMILES string of the molecule is C[C@@]12CC[C@H]3c4ccc(O)cc4C=C[C@@H]3[C@H]1CC[C@@H]2O. The molecule has 0 unspecified atom stereocenters. The van der Waals surface area contributed by atoms with Gasteiger partial charge in [0.25, 0.3) is 0 Å². The first kappa shape index (κ1) is 12.5. The van der Waals surface area contributed by atoms with Crippen LogP contribution in [0.15, 0.2) is 24.3 Å². The summed E-state index contributed by atoms with van der Waals surface area (Å²) >= 11 is 0. The van der Waals surface area contributed by atoms with Crippen LogP contribution in [0.25, 0.3) is 6.08 Å². The van der Waals surface area contributed by atoms with Crippen molar-refractivity contribution in [2.45, 2.75) is 44.6 Å². The number of allylic oxidation sites excluding steroid dienone is 1. The van der Waals surface area contributed by atoms with Gasteiger partial charge in [0.15, 0.2) is 0 Å². The molecule has 2 saturated carbocycles. The lowest BCUT2D eigenvalue weighted by atomic mass is 9.57. The highest BCUT2D eigenvalue weighted by Gasteiger charge is 2.53. The summed E-state index contributed by atoms with van der Waals surface area (Å²) in [6.07, 6.45) is 8.77. The molecule has 3 aliphatic rings. The zero-order chi connectivity index (χ0) is 13.9. The van der Waals surface area contributed by atoms with Crippen LogP contribution in [0.3, 0.4) is 0 Å². The molecule has 0 radical (unpaired) electrons. The fourth-order valence-electron chi connectivity index (χ4n) is 5.06. The monoisotopic (exact) mass is 270 g/mol. The van der Waals surface area contributed by atoms with E-state index >= 15 is 0 Å². The zero-order valence-corrected chi connectivity index (χ0v) is 11.9. The van der Waals surface area contributed by atoms with Crippen molar-refractivity contribution in [1.82, 2.24) is 0 Å². The zero-order valence-electron chi connectivity index (χ0n) is 11.9. The van der Waals surface area contributed by atoms with E-state index in [1.807, 2.05) is 12.1 Å². The van der Waals surface area contributed by atoms with Gasteiger partial charge >= 0.3 is 0 Å². The number of aliphatic hydroxyl groups is 1. The predicted octanol–water partition coefficient (Wildman–Crippen LogP) is 3.69. The minimum atomic E-state index is -0.122. The van der Waals surface area contributed by atoms with Gasteiger partial charge in [0, 0.05) is 0 Å². The van der Waals surface area contributed by atoms with E-state index in [9.17, 15) is 10.2 Å². The van der Waals surface area contributed by atoms with Gasteiger partial charge in [-0.25, -0.2) is 0 Å². The van der Waals surface area contributed by atoms with Crippen molar-refractivity contribution in [3.8, 4) is 5.75 Å². The van der Waals surface area contributed by atoms with E-state index in [1.165, 1.54) is 11.1 Å². The van der Waals surface area contributed by atoms with Crippen LogP contribution in [-0.4, -0.2) is 16.3 Å². The number of rotatable bonds is 0. The van der Waals surface area contributed by atoms with Crippen LogP contribution in [-0.2, 0) is 0 Å². The molecule has 2 fully saturated rings. The third-order valence-corrected chi connectivity index (χ3v) is 6.25. The second kappa shape index (κ2) is 4.11. The first-order chi connectivity index (χ1) is 9.59. The van der Waals surface area contributed by atoms with Crippen LogP contribution in [0, 0.1) is 17.3 Å². The van der Waals surface area contributed by atoms with Crippen molar-refractivity contribution in [3.05, 3.63) is 35.4 Å². The van der Waals surface area contributed by atoms with E-state index in [-0.39, 0.29) is 11.5 Å². The highest BCUT2D eigenvalue weighted by molar-refractivity contribution is 5.60. The Labute approximate surface area is 120 Å². The number of aromatic hydroxyl groups is 1. The minimum Gasteiger partial charge on any atom is -0.508 e. The molecule has 4 rings (SSSR count). The van der Waals surface area contributed by atoms with Crippen molar-refractivity contribution in [2.24, 2.45) is 17.3 Å². The third kappa shape index (κ3) is 1.54. The Balaban J connectivity index is 1.75. The van der Waals surface area contributed by atoms with E-state index in [0.717, 1.165) is 25.7 Å². The number of benzene rings is 1. The van der Waals surface area contributed by atoms with Crippen LogP contribution in [0.4, 0.5) is 0 Å². The molecule has 5 atom stereocenters. The molecule has 2 N–H and O–H groups in total. The van der Waals surface area contributed by atoms with Crippen molar-refractivity contribution < 1.29 is 10.2 Å². The summed E-state index contributed by atoms with van der Waals surface area (Å²) in [7, 11) is 0. The number of aliphatic hydroxyl groups excluding tert-OH is 1. The fourth-order valence-corrected chi connectivity index (χ4v) is 5.06. The van der Waals surface area contributed by atoms with E-state index < -0.39 is 0 Å². The summed E-state index contributed by atoms with van der Waals surface area (Å²) in [6.45, 7) is 2.28. The summed E-state index contributed by atoms with van der Waals surface area (Å²) in [5, 5.41) is 20.0. The van der Waals surface area contributed by atoms with Gasteiger partial charge in [0.05, 0.1) is 6.10 Å². The van der Waals surface area contributed by atoms with Gasteiger partial charge in [0.2, 0.25) is 0 Å². The molecule has 0 spiro atoms. The van der Waals surface area contributed by atoms with E-state index in [0.29, 0.717) is 23.5 Å². The molecule has 0 aromatic heterocycles. The Morgan fingerprint density at radius 3 is 2.90 bits per heavy atom. The van der Waals surface area contributed by atoms with Gasteiger partial charge in [-0.15, -0.1) is 0 Å². The van der Waals surface area contributed by atoms with Crippen LogP contribution >= 0.6 is 0 Å². The average molecular weight is 270 g/mol. The maximum absolute atomic E-state index is 10.3. The lowest BCUT2D eigenvalue weighted by Crippen LogP contribution is -2.42. The summed E-state index contributed by atoms with van der Waals surface area (Å²) < 4.78 is 0. The normalized spacial score (nSPS) is 41.9. The van der Waals surface area contributed by atoms with Gasteiger partial charge in [0.1, 0.15) is 5.75 Å². The average Bonchev–Trinajstić information content (AvgIpc) is 2.74. The lowest BCUT2D eigenvalue weighted by Gasteiger charge is -2.48. The predicted molar refractivity (Wildman–Crippen MR) is 79.4 cm³/mol. The number of phenolic OH excluding ortho intramolecular Hbond substituents is 1. The van der Waals surface area contributed by atoms with Crippen LogP contribution in [0.1, 0.15) is 49.7 Å². The molecule has 0 heterocycles. The van der Waals surface area contributed by atoms with Crippen LogP contribution in [0.5, 0.6) is 5.75 Å². The lowest BCUT2D eigenvalue weighted by molar-refractivity contribution is -0.00797. The number of hydrogen-bond donors (Lipinski definition) is 2. The Bertz CT molecular complexity index is 577. The highest BCUT2D eigenvalue weighted by atomic mass is 16.3. The third-order valence-electron chi connectivity index (χ3n) is 6.25. The van der Waals surface area contributed by atoms with Crippen LogP contribution < -0.4 is 0 Å². The molecule has 1 aromatic rings. The molecule has 0 aliphatic heterocycles. The molecule has 1 aromatic carbocycles. The van der Waals surface area contributed by atoms with Crippen molar-refractivity contribution in [1.29, 1.82) is 0 Å². The Morgan fingerprint density at radius 1 is 1.20 bits per heavy atom. The maximum atomic E-state index is 10.3. The van der Waals surface area contributed by atoms with Crippen molar-refractivity contribution in [3.63, 3.8) is 0 Å². The molecule has 106 valence electrons. The molecule has 0 amide bonds. The summed E-state index contributed by atoms with van der Waals surface area (Å²) in [6, 6.07) is 5.78. The van der Waals surface area contributed by atoms with Gasteiger partial charge in [-0.05, 0) is 72.1 Å². The second-order valence-corrected chi connectivity index (χ2v) is 7.10. The molecule has 2 heteroatoms. The van der Waals surface area contributed by atoms with Crippen molar-refractivity contribution in [2.75, 3.05) is 0 Å². The second-order valence-electron chi connectivity index (χ2n) is 7.10. The van der Waals surface area contributed by atoms with Gasteiger partial charge in [-0.3, -0.25) is 0 Å². The van der Waals surface area contributed by atoms with Crippen molar-refractivity contribution >= 4 is 6.08 Å². The molecule has 0 bridgehead atoms. The largest absolute Gasteiger partial charge is 0.508 e. The number of fused-ring (bicyclic) bond motifs is 5. The topological polar surface area (TPSA) is 40.5 Å². The van der Waals surface area contributed by atoms with Gasteiger partial charge in [-0.2, -0.15) is 0 Å². The quantitative estimate of drug-likeness (QED) is 0.755. The molecule has 2 nitrogen and oxygen atoms in total. The minimum absolute atomic E-state index is 0.111. The maximum Gasteiger partial charge on any atom is 0.116 e. The highest BCUT2D eigenvalue weighted by Crippen LogP contribution is 2.60. The van der Waals surface area contributed by atoms with E-state index in [1.54, 1.807) is 0 Å². The summed E-state index contributed by atoms with van der Waals surface area (Å²) in [5.41, 5.74) is 2.67. The first-order valence-corrected chi connectivity index (χ1v) is 7.79. The smallest absolute Gasteiger partial charge is 0.116 e. The van der Waals surface area contributed by atoms with E-state index in [4.69, 9.17) is 0 Å². The fraction of sp³-hybridized carbons (Fsp3) is 0.556. The number of hydrogen-bond acceptors (Lipinski definition) is 2. The first-order valence-electron chi connectivity index (χ1n) is 7.79. The Kier molecular flexibility index (Phi) is 2.56.